The molecule has 2 aliphatic carbocycles. The Morgan fingerprint density at radius 1 is 0.667 bits per heavy atom. The second kappa shape index (κ2) is 12.2. The predicted octanol–water partition coefficient (Wildman–Crippen LogP) is 5.32. The van der Waals surface area contributed by atoms with Gasteiger partial charge in [0.15, 0.2) is 6.10 Å². The Balaban J connectivity index is 1.54. The minimum atomic E-state index is -1.87. The van der Waals surface area contributed by atoms with Crippen LogP contribution in [0.3, 0.4) is 0 Å². The zero-order valence-electron chi connectivity index (χ0n) is 27.6. The summed E-state index contributed by atoms with van der Waals surface area (Å²) in [5, 5.41) is 12.6. The van der Waals surface area contributed by atoms with E-state index in [2.05, 4.69) is 0 Å². The number of carbonyl (C=O) groups excluding carboxylic acids is 4. The molecule has 0 aromatic heterocycles. The number of rotatable bonds is 7. The summed E-state index contributed by atoms with van der Waals surface area (Å²) in [6, 6.07) is 25.2. The van der Waals surface area contributed by atoms with E-state index in [9.17, 15) is 24.3 Å². The Bertz CT molecular complexity index is 1690. The molecule has 10 heteroatoms. The third-order valence-electron chi connectivity index (χ3n) is 10.4. The van der Waals surface area contributed by atoms with Crippen LogP contribution in [-0.4, -0.2) is 70.2 Å². The van der Waals surface area contributed by atoms with Gasteiger partial charge in [-0.15, -0.1) is 0 Å². The normalized spacial score (nSPS) is 33.1. The van der Waals surface area contributed by atoms with Gasteiger partial charge < -0.3 is 28.8 Å². The summed E-state index contributed by atoms with van der Waals surface area (Å²) in [4.78, 5) is 53.8. The topological polar surface area (TPSA) is 135 Å². The lowest BCUT2D eigenvalue weighted by molar-refractivity contribution is -0.341. The van der Waals surface area contributed by atoms with Gasteiger partial charge in [-0.1, -0.05) is 54.6 Å². The van der Waals surface area contributed by atoms with Crippen molar-refractivity contribution in [3.05, 3.63) is 108 Å². The molecule has 1 aliphatic heterocycles. The van der Waals surface area contributed by atoms with Crippen molar-refractivity contribution in [3.8, 4) is 0 Å². The summed E-state index contributed by atoms with van der Waals surface area (Å²) >= 11 is 0. The molecule has 8 atom stereocenters. The lowest BCUT2D eigenvalue weighted by Crippen LogP contribution is -2.81. The molecule has 3 fully saturated rings. The summed E-state index contributed by atoms with van der Waals surface area (Å²) in [7, 11) is 0. The molecule has 3 aliphatic rings. The lowest BCUT2D eigenvalue weighted by Gasteiger charge is -2.65. The molecule has 10 nitrogen and oxygen atoms in total. The standard InChI is InChI=1S/C38H40O10/c1-23(39)44-28-22-36(4,43)38-30(46-33(41)25-17-11-7-12-18-25)27(35(2,3)48-38)21-29(45-32(40)24-15-9-6-10-16-24)37(38,5)31(28)47-34(42)26-19-13-8-14-20-26/h6-20,27-31,43H,21-22H2,1-5H3. The van der Waals surface area contributed by atoms with Gasteiger partial charge in [0.2, 0.25) is 0 Å². The number of carbonyl (C=O) groups is 4. The van der Waals surface area contributed by atoms with Crippen LogP contribution < -0.4 is 0 Å². The molecule has 1 heterocycles. The molecular weight excluding hydrogens is 616 g/mol. The molecule has 8 unspecified atom stereocenters. The van der Waals surface area contributed by atoms with Crippen molar-refractivity contribution in [1.82, 2.24) is 0 Å². The minimum absolute atomic E-state index is 0.110. The van der Waals surface area contributed by atoms with E-state index >= 15 is 0 Å². The van der Waals surface area contributed by atoms with Gasteiger partial charge >= 0.3 is 23.9 Å². The van der Waals surface area contributed by atoms with Gasteiger partial charge in [0.05, 0.1) is 33.3 Å². The average molecular weight is 657 g/mol. The highest BCUT2D eigenvalue weighted by atomic mass is 16.6. The third kappa shape index (κ3) is 5.37. The van der Waals surface area contributed by atoms with E-state index in [1.807, 2.05) is 13.8 Å². The molecule has 1 saturated heterocycles. The van der Waals surface area contributed by atoms with Gasteiger partial charge in [0.25, 0.3) is 0 Å². The van der Waals surface area contributed by atoms with Gasteiger partial charge in [-0.3, -0.25) is 4.79 Å². The van der Waals surface area contributed by atoms with Gasteiger partial charge in [-0.05, 0) is 70.5 Å². The highest BCUT2D eigenvalue weighted by Crippen LogP contribution is 2.69. The molecule has 0 amide bonds. The minimum Gasteiger partial charge on any atom is -0.458 e. The van der Waals surface area contributed by atoms with Crippen molar-refractivity contribution in [2.75, 3.05) is 0 Å². The number of aliphatic hydroxyl groups is 1. The van der Waals surface area contributed by atoms with Crippen LogP contribution in [-0.2, 0) is 28.5 Å². The number of hydrogen-bond donors (Lipinski definition) is 1. The Hall–Kier alpha value is -4.54. The first-order valence-electron chi connectivity index (χ1n) is 16.1. The van der Waals surface area contributed by atoms with Gasteiger partial charge in [-0.25, -0.2) is 14.4 Å². The largest absolute Gasteiger partial charge is 0.458 e. The van der Waals surface area contributed by atoms with E-state index < -0.39 is 76.4 Å². The SMILES string of the molecule is CC(=O)OC1CC(C)(O)C23OC(C)(C)C(CC(OC(=O)c4ccccc4)C2(C)C1OC(=O)c1ccccc1)C3OC(=O)c1ccccc1. The summed E-state index contributed by atoms with van der Waals surface area (Å²) in [5.74, 6) is -3.24. The maximum atomic E-state index is 13.8. The van der Waals surface area contributed by atoms with E-state index in [1.165, 1.54) is 13.8 Å². The van der Waals surface area contributed by atoms with Crippen LogP contribution in [0.1, 0.15) is 78.5 Å². The van der Waals surface area contributed by atoms with Crippen molar-refractivity contribution in [1.29, 1.82) is 0 Å². The second-order valence-corrected chi connectivity index (χ2v) is 13.8. The van der Waals surface area contributed by atoms with Crippen LogP contribution >= 0.6 is 0 Å². The number of benzene rings is 3. The third-order valence-corrected chi connectivity index (χ3v) is 10.4. The highest BCUT2D eigenvalue weighted by molar-refractivity contribution is 5.91. The zero-order valence-corrected chi connectivity index (χ0v) is 27.6. The van der Waals surface area contributed by atoms with Crippen molar-refractivity contribution >= 4 is 23.9 Å². The van der Waals surface area contributed by atoms with Crippen LogP contribution in [0.4, 0.5) is 0 Å². The summed E-state index contributed by atoms with van der Waals surface area (Å²) in [6.45, 7) is 8.10. The van der Waals surface area contributed by atoms with Gasteiger partial charge in [0.1, 0.15) is 23.9 Å². The van der Waals surface area contributed by atoms with Crippen molar-refractivity contribution < 1.29 is 48.0 Å². The molecule has 3 aromatic rings. The first kappa shape index (κ1) is 33.4. The van der Waals surface area contributed by atoms with E-state index in [4.69, 9.17) is 23.7 Å². The van der Waals surface area contributed by atoms with Crippen LogP contribution in [0, 0.1) is 11.3 Å². The first-order valence-corrected chi connectivity index (χ1v) is 16.1. The van der Waals surface area contributed by atoms with Crippen molar-refractivity contribution in [3.63, 3.8) is 0 Å². The quantitative estimate of drug-likeness (QED) is 0.263. The highest BCUT2D eigenvalue weighted by Gasteiger charge is 2.84. The molecule has 252 valence electrons. The Labute approximate surface area is 279 Å². The fourth-order valence-electron chi connectivity index (χ4n) is 8.30. The predicted molar refractivity (Wildman–Crippen MR) is 172 cm³/mol. The zero-order chi connectivity index (χ0) is 34.5. The molecular formula is C38H40O10. The molecule has 2 saturated carbocycles. The van der Waals surface area contributed by atoms with Crippen LogP contribution in [0.15, 0.2) is 91.0 Å². The van der Waals surface area contributed by atoms with Crippen molar-refractivity contribution in [2.45, 2.75) is 88.7 Å². The average Bonchev–Trinajstić information content (AvgIpc) is 3.24. The number of fused-ring (bicyclic) bond motifs is 1. The van der Waals surface area contributed by atoms with E-state index in [1.54, 1.807) is 97.9 Å². The Morgan fingerprint density at radius 3 is 1.56 bits per heavy atom. The maximum Gasteiger partial charge on any atom is 0.338 e. The van der Waals surface area contributed by atoms with Crippen LogP contribution in [0.25, 0.3) is 0 Å². The molecule has 48 heavy (non-hydrogen) atoms. The number of esters is 4. The van der Waals surface area contributed by atoms with Gasteiger partial charge in [0, 0.05) is 19.3 Å². The van der Waals surface area contributed by atoms with E-state index in [-0.39, 0.29) is 24.0 Å². The van der Waals surface area contributed by atoms with Crippen LogP contribution in [0.5, 0.6) is 0 Å². The monoisotopic (exact) mass is 656 g/mol. The molecule has 1 spiro atoms. The molecule has 6 rings (SSSR count). The van der Waals surface area contributed by atoms with E-state index in [0.717, 1.165) is 0 Å². The van der Waals surface area contributed by atoms with Crippen molar-refractivity contribution in [2.24, 2.45) is 11.3 Å². The van der Waals surface area contributed by atoms with Gasteiger partial charge in [-0.2, -0.15) is 0 Å². The number of hydrogen-bond acceptors (Lipinski definition) is 10. The molecule has 2 bridgehead atoms. The molecule has 3 aromatic carbocycles. The second-order valence-electron chi connectivity index (χ2n) is 13.8. The fraction of sp³-hybridized carbons (Fsp3) is 0.421. The summed E-state index contributed by atoms with van der Waals surface area (Å²) in [6.07, 6.45) is -4.80. The Morgan fingerprint density at radius 2 is 1.10 bits per heavy atom. The smallest absolute Gasteiger partial charge is 0.338 e. The molecule has 0 radical (unpaired) electrons. The Kier molecular flexibility index (Phi) is 8.46. The first-order chi connectivity index (χ1) is 22.7. The lowest BCUT2D eigenvalue weighted by atomic mass is 9.47. The molecule has 1 N–H and O–H groups in total. The van der Waals surface area contributed by atoms with E-state index in [0.29, 0.717) is 5.56 Å². The summed E-state index contributed by atoms with van der Waals surface area (Å²) in [5.41, 5.74) is -5.54. The maximum absolute atomic E-state index is 13.8. The number of ether oxygens (including phenoxy) is 5. The summed E-state index contributed by atoms with van der Waals surface area (Å²) < 4.78 is 31.7. The fourth-order valence-corrected chi connectivity index (χ4v) is 8.30. The van der Waals surface area contributed by atoms with Crippen LogP contribution in [0.2, 0.25) is 0 Å².